The number of esters is 1. The van der Waals surface area contributed by atoms with Crippen molar-refractivity contribution in [3.05, 3.63) is 71.3 Å². The van der Waals surface area contributed by atoms with Crippen LogP contribution in [0.15, 0.2) is 60.2 Å². The van der Waals surface area contributed by atoms with Gasteiger partial charge in [0.05, 0.1) is 5.57 Å². The van der Waals surface area contributed by atoms with Gasteiger partial charge in [-0.3, -0.25) is 4.79 Å². The minimum atomic E-state index is -1.03. The van der Waals surface area contributed by atoms with Gasteiger partial charge in [-0.25, -0.2) is 4.79 Å². The van der Waals surface area contributed by atoms with E-state index in [2.05, 4.69) is 0 Å². The lowest BCUT2D eigenvalue weighted by Gasteiger charge is -2.20. The number of nitrogens with zero attached hydrogens (tertiary/aromatic N) is 1. The topological polar surface area (TPSA) is 46.6 Å². The van der Waals surface area contributed by atoms with Crippen LogP contribution in [0.2, 0.25) is 0 Å². The summed E-state index contributed by atoms with van der Waals surface area (Å²) in [6.07, 6.45) is 1.77. The first-order chi connectivity index (χ1) is 11.1. The van der Waals surface area contributed by atoms with Gasteiger partial charge in [0.1, 0.15) is 12.0 Å². The summed E-state index contributed by atoms with van der Waals surface area (Å²) >= 11 is 0. The fourth-order valence-electron chi connectivity index (χ4n) is 3.44. The number of carbonyl (C=O) groups is 2. The number of cyclic esters (lactones) is 1. The Kier molecular flexibility index (Phi) is 2.88. The minimum absolute atomic E-state index is 0.0602. The number of carbonyl (C=O) groups excluding carboxylic acids is 2. The third kappa shape index (κ3) is 1.78. The summed E-state index contributed by atoms with van der Waals surface area (Å²) in [7, 11) is 1.73. The summed E-state index contributed by atoms with van der Waals surface area (Å²) < 4.78 is 5.30. The van der Waals surface area contributed by atoms with Crippen LogP contribution in [0.4, 0.5) is 5.69 Å². The van der Waals surface area contributed by atoms with E-state index in [0.29, 0.717) is 5.57 Å². The van der Waals surface area contributed by atoms with Crippen molar-refractivity contribution in [3.63, 3.8) is 0 Å². The zero-order chi connectivity index (χ0) is 16.0. The van der Waals surface area contributed by atoms with Crippen LogP contribution in [0.1, 0.15) is 11.1 Å². The molecule has 1 unspecified atom stereocenters. The summed E-state index contributed by atoms with van der Waals surface area (Å²) in [6, 6.07) is 17.1. The quantitative estimate of drug-likeness (QED) is 0.601. The fraction of sp³-hybridized carbons (Fsp3) is 0.158. The molecule has 0 saturated carbocycles. The van der Waals surface area contributed by atoms with Gasteiger partial charge in [0.15, 0.2) is 0 Å². The number of ether oxygens (including phenoxy) is 1. The number of anilines is 1. The summed E-state index contributed by atoms with van der Waals surface area (Å²) in [4.78, 5) is 26.9. The Labute approximate surface area is 134 Å². The standard InChI is InChI=1S/C19H15NO3/c1-20-16-10-6-5-9-14(16)19(18(20)22)12-23-17(21)15(19)11-13-7-3-2-4-8-13/h2-11H,12H2,1H3/b15-11+. The maximum absolute atomic E-state index is 13.0. The van der Waals surface area contributed by atoms with Crippen LogP contribution in [0.5, 0.6) is 0 Å². The number of fused-ring (bicyclic) bond motifs is 2. The van der Waals surface area contributed by atoms with Crippen LogP contribution in [-0.2, 0) is 19.7 Å². The van der Waals surface area contributed by atoms with Gasteiger partial charge in [-0.05, 0) is 23.3 Å². The molecule has 4 rings (SSSR count). The van der Waals surface area contributed by atoms with Gasteiger partial charge in [0.25, 0.3) is 0 Å². The summed E-state index contributed by atoms with van der Waals surface area (Å²) in [5.74, 6) is -0.543. The van der Waals surface area contributed by atoms with Gasteiger partial charge in [-0.2, -0.15) is 0 Å². The van der Waals surface area contributed by atoms with Crippen molar-refractivity contribution >= 4 is 23.6 Å². The second kappa shape index (κ2) is 4.81. The molecular formula is C19H15NO3. The average molecular weight is 305 g/mol. The maximum atomic E-state index is 13.0. The molecule has 114 valence electrons. The van der Waals surface area contributed by atoms with E-state index >= 15 is 0 Å². The Morgan fingerprint density at radius 2 is 1.74 bits per heavy atom. The van der Waals surface area contributed by atoms with Crippen LogP contribution in [0.25, 0.3) is 6.08 Å². The lowest BCUT2D eigenvalue weighted by molar-refractivity contribution is -0.135. The molecular weight excluding hydrogens is 290 g/mol. The van der Waals surface area contributed by atoms with Crippen molar-refractivity contribution in [3.8, 4) is 0 Å². The summed E-state index contributed by atoms with van der Waals surface area (Å²) in [6.45, 7) is 0.0602. The first-order valence-corrected chi connectivity index (χ1v) is 7.46. The van der Waals surface area contributed by atoms with Crippen LogP contribution in [-0.4, -0.2) is 25.5 Å². The molecule has 4 heteroatoms. The fourth-order valence-corrected chi connectivity index (χ4v) is 3.44. The highest BCUT2D eigenvalue weighted by atomic mass is 16.5. The number of hydrogen-bond acceptors (Lipinski definition) is 3. The largest absolute Gasteiger partial charge is 0.460 e. The number of amides is 1. The molecule has 1 fully saturated rings. The molecule has 0 bridgehead atoms. The lowest BCUT2D eigenvalue weighted by Crippen LogP contribution is -2.40. The Hall–Kier alpha value is -2.88. The summed E-state index contributed by atoms with van der Waals surface area (Å²) in [5.41, 5.74) is 1.92. The van der Waals surface area contributed by atoms with Crippen molar-refractivity contribution in [2.24, 2.45) is 0 Å². The van der Waals surface area contributed by atoms with E-state index in [-0.39, 0.29) is 12.5 Å². The van der Waals surface area contributed by atoms with Gasteiger partial charge < -0.3 is 9.64 Å². The van der Waals surface area contributed by atoms with Crippen LogP contribution >= 0.6 is 0 Å². The number of para-hydroxylation sites is 1. The normalized spacial score (nSPS) is 24.4. The third-order valence-electron chi connectivity index (χ3n) is 4.60. The molecule has 0 radical (unpaired) electrons. The van der Waals surface area contributed by atoms with E-state index < -0.39 is 11.4 Å². The van der Waals surface area contributed by atoms with Crippen molar-refractivity contribution in [1.29, 1.82) is 0 Å². The van der Waals surface area contributed by atoms with E-state index in [1.807, 2.05) is 54.6 Å². The molecule has 2 aromatic rings. The SMILES string of the molecule is CN1C(=O)C2(COC(=O)/C2=C\c2ccccc2)c2ccccc21. The lowest BCUT2D eigenvalue weighted by atomic mass is 9.76. The monoisotopic (exact) mass is 305 g/mol. The number of likely N-dealkylation sites (N-methyl/N-ethyl adjacent to an activating group) is 1. The number of benzene rings is 2. The van der Waals surface area contributed by atoms with Gasteiger partial charge in [0.2, 0.25) is 5.91 Å². The minimum Gasteiger partial charge on any atom is -0.460 e. The van der Waals surface area contributed by atoms with Crippen LogP contribution in [0, 0.1) is 0 Å². The van der Waals surface area contributed by atoms with Gasteiger partial charge >= 0.3 is 5.97 Å². The first kappa shape index (κ1) is 13.8. The number of hydrogen-bond donors (Lipinski definition) is 0. The van der Waals surface area contributed by atoms with Gasteiger partial charge in [-0.15, -0.1) is 0 Å². The highest BCUT2D eigenvalue weighted by Crippen LogP contribution is 2.49. The molecule has 23 heavy (non-hydrogen) atoms. The average Bonchev–Trinajstić information content (AvgIpc) is 3.02. The molecule has 4 nitrogen and oxygen atoms in total. The predicted molar refractivity (Wildman–Crippen MR) is 86.9 cm³/mol. The van der Waals surface area contributed by atoms with Crippen molar-refractivity contribution in [2.75, 3.05) is 18.6 Å². The van der Waals surface area contributed by atoms with Crippen molar-refractivity contribution in [1.82, 2.24) is 0 Å². The van der Waals surface area contributed by atoms with Crippen LogP contribution in [0.3, 0.4) is 0 Å². The van der Waals surface area contributed by atoms with Crippen molar-refractivity contribution in [2.45, 2.75) is 5.41 Å². The molecule has 2 heterocycles. The third-order valence-corrected chi connectivity index (χ3v) is 4.60. The molecule has 0 N–H and O–H groups in total. The Morgan fingerprint density at radius 3 is 2.52 bits per heavy atom. The van der Waals surface area contributed by atoms with E-state index in [1.54, 1.807) is 18.0 Å². The second-order valence-corrected chi connectivity index (χ2v) is 5.83. The van der Waals surface area contributed by atoms with E-state index in [4.69, 9.17) is 4.74 Å². The zero-order valence-corrected chi connectivity index (χ0v) is 12.7. The molecule has 1 saturated heterocycles. The van der Waals surface area contributed by atoms with Crippen molar-refractivity contribution < 1.29 is 14.3 Å². The Morgan fingerprint density at radius 1 is 1.04 bits per heavy atom. The molecule has 0 aromatic heterocycles. The molecule has 2 aliphatic rings. The smallest absolute Gasteiger partial charge is 0.335 e. The molecule has 1 spiro atoms. The number of rotatable bonds is 1. The second-order valence-electron chi connectivity index (χ2n) is 5.83. The molecule has 2 aromatic carbocycles. The molecule has 1 amide bonds. The Bertz CT molecular complexity index is 841. The van der Waals surface area contributed by atoms with Crippen LogP contribution < -0.4 is 4.90 Å². The van der Waals surface area contributed by atoms with E-state index in [0.717, 1.165) is 16.8 Å². The van der Waals surface area contributed by atoms with Gasteiger partial charge in [0, 0.05) is 12.7 Å². The van der Waals surface area contributed by atoms with E-state index in [9.17, 15) is 9.59 Å². The predicted octanol–water partition coefficient (Wildman–Crippen LogP) is 2.54. The molecule has 2 aliphatic heterocycles. The highest BCUT2D eigenvalue weighted by molar-refractivity contribution is 6.18. The Balaban J connectivity index is 1.95. The van der Waals surface area contributed by atoms with Gasteiger partial charge in [-0.1, -0.05) is 48.5 Å². The van der Waals surface area contributed by atoms with E-state index in [1.165, 1.54) is 0 Å². The highest BCUT2D eigenvalue weighted by Gasteiger charge is 2.59. The first-order valence-electron chi connectivity index (χ1n) is 7.46. The molecule has 1 atom stereocenters. The molecule has 0 aliphatic carbocycles. The zero-order valence-electron chi connectivity index (χ0n) is 12.7. The maximum Gasteiger partial charge on any atom is 0.335 e. The summed E-state index contributed by atoms with van der Waals surface area (Å²) in [5, 5.41) is 0.